The second-order valence-electron chi connectivity index (χ2n) is 7.79. The third kappa shape index (κ3) is 3.75. The fourth-order valence-electron chi connectivity index (χ4n) is 3.93. The van der Waals surface area contributed by atoms with E-state index in [1.807, 2.05) is 36.0 Å². The molecule has 0 aliphatic heterocycles. The zero-order valence-electron chi connectivity index (χ0n) is 18.1. The molecular weight excluding hydrogens is 372 g/mol. The molecule has 0 spiro atoms. The number of aryl methyl sites for hydroxylation is 3. The van der Waals surface area contributed by atoms with Gasteiger partial charge in [0.1, 0.15) is 0 Å². The first-order chi connectivity index (χ1) is 14.5. The molecule has 0 fully saturated rings. The van der Waals surface area contributed by atoms with Gasteiger partial charge in [0.25, 0.3) is 5.91 Å². The van der Waals surface area contributed by atoms with Gasteiger partial charge in [0.2, 0.25) is 0 Å². The number of carbonyl (C=O) groups is 1. The minimum Gasteiger partial charge on any atom is -0.348 e. The molecule has 2 heterocycles. The zero-order valence-corrected chi connectivity index (χ0v) is 18.1. The number of nitrogens with zero attached hydrogens (tertiary/aromatic N) is 3. The summed E-state index contributed by atoms with van der Waals surface area (Å²) in [5.41, 5.74) is 7.56. The Hall–Kier alpha value is -3.34. The van der Waals surface area contributed by atoms with Crippen LogP contribution < -0.4 is 5.32 Å². The Balaban J connectivity index is 1.57. The number of nitrogens with one attached hydrogen (secondary N) is 1. The highest BCUT2D eigenvalue weighted by Gasteiger charge is 2.15. The van der Waals surface area contributed by atoms with Gasteiger partial charge in [-0.15, -0.1) is 0 Å². The van der Waals surface area contributed by atoms with Gasteiger partial charge in [0.15, 0.2) is 0 Å². The van der Waals surface area contributed by atoms with Crippen molar-refractivity contribution in [3.63, 3.8) is 0 Å². The molecular formula is C25H28N4O. The molecule has 4 rings (SSSR count). The third-order valence-corrected chi connectivity index (χ3v) is 5.90. The topological polar surface area (TPSA) is 51.9 Å². The Morgan fingerprint density at radius 1 is 1.07 bits per heavy atom. The van der Waals surface area contributed by atoms with Crippen LogP contribution in [0.4, 0.5) is 0 Å². The predicted molar refractivity (Wildman–Crippen MR) is 121 cm³/mol. The van der Waals surface area contributed by atoms with E-state index in [0.717, 1.165) is 35.2 Å². The van der Waals surface area contributed by atoms with Crippen LogP contribution in [0.5, 0.6) is 0 Å². The van der Waals surface area contributed by atoms with Crippen molar-refractivity contribution in [3.05, 3.63) is 88.4 Å². The lowest BCUT2D eigenvalue weighted by atomic mass is 10.1. The second kappa shape index (κ2) is 8.19. The first-order valence-corrected chi connectivity index (χ1v) is 10.4. The third-order valence-electron chi connectivity index (χ3n) is 5.90. The Morgan fingerprint density at radius 3 is 2.53 bits per heavy atom. The number of hydrogen-bond donors (Lipinski definition) is 1. The van der Waals surface area contributed by atoms with Crippen molar-refractivity contribution in [2.24, 2.45) is 0 Å². The van der Waals surface area contributed by atoms with E-state index in [4.69, 9.17) is 0 Å². The number of rotatable bonds is 6. The van der Waals surface area contributed by atoms with Gasteiger partial charge in [0.05, 0.1) is 5.69 Å². The molecule has 30 heavy (non-hydrogen) atoms. The summed E-state index contributed by atoms with van der Waals surface area (Å²) in [6.45, 7) is 10.4. The van der Waals surface area contributed by atoms with Crippen LogP contribution in [0.3, 0.4) is 0 Å². The lowest BCUT2D eigenvalue weighted by molar-refractivity contribution is 0.0951. The first-order valence-electron chi connectivity index (χ1n) is 10.4. The van der Waals surface area contributed by atoms with Crippen molar-refractivity contribution < 1.29 is 4.79 Å². The van der Waals surface area contributed by atoms with Crippen molar-refractivity contribution in [2.75, 3.05) is 0 Å². The normalized spacial score (nSPS) is 11.2. The van der Waals surface area contributed by atoms with Crippen LogP contribution in [0.2, 0.25) is 0 Å². The maximum absolute atomic E-state index is 12.8. The van der Waals surface area contributed by atoms with E-state index in [0.29, 0.717) is 12.1 Å². The SMILES string of the molecule is CCn1cc(CNC(=O)c2ccc3c(c2)c(C)c(C)n3Cc2ccccc2)c(C)n1. The lowest BCUT2D eigenvalue weighted by Gasteiger charge is -2.09. The van der Waals surface area contributed by atoms with Crippen LogP contribution in [-0.4, -0.2) is 20.3 Å². The van der Waals surface area contributed by atoms with E-state index < -0.39 is 0 Å². The number of hydrogen-bond acceptors (Lipinski definition) is 2. The van der Waals surface area contributed by atoms with E-state index in [-0.39, 0.29) is 5.91 Å². The van der Waals surface area contributed by atoms with E-state index in [9.17, 15) is 4.79 Å². The van der Waals surface area contributed by atoms with Crippen molar-refractivity contribution in [3.8, 4) is 0 Å². The smallest absolute Gasteiger partial charge is 0.251 e. The Bertz CT molecular complexity index is 1200. The Morgan fingerprint density at radius 2 is 1.83 bits per heavy atom. The van der Waals surface area contributed by atoms with Crippen LogP contribution in [0.15, 0.2) is 54.7 Å². The highest BCUT2D eigenvalue weighted by molar-refractivity contribution is 5.99. The van der Waals surface area contributed by atoms with Gasteiger partial charge in [0, 0.05) is 53.6 Å². The molecule has 0 bridgehead atoms. The van der Waals surface area contributed by atoms with Crippen molar-refractivity contribution in [1.29, 1.82) is 0 Å². The summed E-state index contributed by atoms with van der Waals surface area (Å²) in [5.74, 6) is -0.0617. The zero-order chi connectivity index (χ0) is 21.3. The summed E-state index contributed by atoms with van der Waals surface area (Å²) in [6.07, 6.45) is 2.00. The molecule has 0 saturated carbocycles. The molecule has 2 aromatic heterocycles. The van der Waals surface area contributed by atoms with Gasteiger partial charge in [-0.3, -0.25) is 9.48 Å². The molecule has 5 heteroatoms. The van der Waals surface area contributed by atoms with Gasteiger partial charge in [-0.05, 0) is 57.0 Å². The minimum atomic E-state index is -0.0617. The summed E-state index contributed by atoms with van der Waals surface area (Å²) >= 11 is 0. The molecule has 2 aromatic carbocycles. The lowest BCUT2D eigenvalue weighted by Crippen LogP contribution is -2.22. The van der Waals surface area contributed by atoms with Crippen LogP contribution in [0, 0.1) is 20.8 Å². The number of fused-ring (bicyclic) bond motifs is 1. The van der Waals surface area contributed by atoms with Gasteiger partial charge in [-0.25, -0.2) is 0 Å². The average molecular weight is 401 g/mol. The van der Waals surface area contributed by atoms with Gasteiger partial charge in [-0.2, -0.15) is 5.10 Å². The Labute approximate surface area is 177 Å². The summed E-state index contributed by atoms with van der Waals surface area (Å²) < 4.78 is 4.22. The molecule has 0 radical (unpaired) electrons. The number of carbonyl (C=O) groups excluding carboxylic acids is 1. The van der Waals surface area contributed by atoms with Crippen LogP contribution in [0.1, 0.15) is 45.4 Å². The largest absolute Gasteiger partial charge is 0.348 e. The van der Waals surface area contributed by atoms with Gasteiger partial charge < -0.3 is 9.88 Å². The maximum Gasteiger partial charge on any atom is 0.251 e. The molecule has 154 valence electrons. The molecule has 0 saturated heterocycles. The quantitative estimate of drug-likeness (QED) is 0.507. The monoisotopic (exact) mass is 400 g/mol. The van der Waals surface area contributed by atoms with Crippen molar-refractivity contribution in [1.82, 2.24) is 19.7 Å². The maximum atomic E-state index is 12.8. The molecule has 1 amide bonds. The number of aromatic nitrogens is 3. The van der Waals surface area contributed by atoms with Crippen LogP contribution in [0.25, 0.3) is 10.9 Å². The molecule has 0 unspecified atom stereocenters. The second-order valence-corrected chi connectivity index (χ2v) is 7.79. The molecule has 4 aromatic rings. The van der Waals surface area contributed by atoms with E-state index >= 15 is 0 Å². The first kappa shape index (κ1) is 20.0. The van der Waals surface area contributed by atoms with E-state index in [2.05, 4.69) is 66.1 Å². The fraction of sp³-hybridized carbons (Fsp3) is 0.280. The standard InChI is InChI=1S/C25H28N4O/c1-5-28-16-22(18(3)27-28)14-26-25(30)21-11-12-24-23(13-21)17(2)19(4)29(24)15-20-9-7-6-8-10-20/h6-13,16H,5,14-15H2,1-4H3,(H,26,30). The fourth-order valence-corrected chi connectivity index (χ4v) is 3.93. The average Bonchev–Trinajstić information content (AvgIpc) is 3.24. The van der Waals surface area contributed by atoms with E-state index in [1.54, 1.807) is 0 Å². The molecule has 0 aliphatic rings. The van der Waals surface area contributed by atoms with Gasteiger partial charge in [-0.1, -0.05) is 30.3 Å². The summed E-state index contributed by atoms with van der Waals surface area (Å²) in [7, 11) is 0. The number of amides is 1. The predicted octanol–water partition coefficient (Wildman–Crippen LogP) is 4.76. The minimum absolute atomic E-state index is 0.0617. The summed E-state index contributed by atoms with van der Waals surface area (Å²) in [6, 6.07) is 16.4. The van der Waals surface area contributed by atoms with Crippen molar-refractivity contribution in [2.45, 2.75) is 47.3 Å². The molecule has 5 nitrogen and oxygen atoms in total. The van der Waals surface area contributed by atoms with Crippen LogP contribution in [-0.2, 0) is 19.6 Å². The Kier molecular flexibility index (Phi) is 5.44. The van der Waals surface area contributed by atoms with Crippen LogP contribution >= 0.6 is 0 Å². The molecule has 0 aliphatic carbocycles. The summed E-state index contributed by atoms with van der Waals surface area (Å²) in [5, 5.41) is 8.61. The highest BCUT2D eigenvalue weighted by Crippen LogP contribution is 2.27. The van der Waals surface area contributed by atoms with Crippen molar-refractivity contribution >= 4 is 16.8 Å². The molecule has 0 atom stereocenters. The van der Waals surface area contributed by atoms with Gasteiger partial charge >= 0.3 is 0 Å². The molecule has 1 N–H and O–H groups in total. The van der Waals surface area contributed by atoms with E-state index in [1.165, 1.54) is 16.8 Å². The summed E-state index contributed by atoms with van der Waals surface area (Å²) in [4.78, 5) is 12.8. The highest BCUT2D eigenvalue weighted by atomic mass is 16.1. The number of benzene rings is 2.